The van der Waals surface area contributed by atoms with Gasteiger partial charge in [-0.1, -0.05) is 29.8 Å². The number of Topliss-reactive ketones (excluding diaryl/α,β-unsaturated/α-hetero) is 1. The second-order valence-electron chi connectivity index (χ2n) is 6.61. The predicted octanol–water partition coefficient (Wildman–Crippen LogP) is 2.79. The molecule has 0 atom stereocenters. The third-order valence-corrected chi connectivity index (χ3v) is 4.24. The Morgan fingerprint density at radius 3 is 2.28 bits per heavy atom. The van der Waals surface area contributed by atoms with Crippen molar-refractivity contribution in [2.75, 3.05) is 27.4 Å². The number of ether oxygens (including phenoxy) is 3. The summed E-state index contributed by atoms with van der Waals surface area (Å²) in [4.78, 5) is 37.0. The molecule has 2 aromatic carbocycles. The number of rotatable bonds is 9. The van der Waals surface area contributed by atoms with E-state index in [9.17, 15) is 14.4 Å². The zero-order valence-corrected chi connectivity index (χ0v) is 17.1. The van der Waals surface area contributed by atoms with Crippen LogP contribution in [0.5, 0.6) is 11.5 Å². The van der Waals surface area contributed by atoms with E-state index in [4.69, 9.17) is 14.2 Å². The van der Waals surface area contributed by atoms with Gasteiger partial charge in [0.2, 0.25) is 0 Å². The molecule has 0 N–H and O–H groups in total. The Labute approximate surface area is 170 Å². The highest BCUT2D eigenvalue weighted by Gasteiger charge is 2.14. The molecule has 0 saturated carbocycles. The van der Waals surface area contributed by atoms with Crippen molar-refractivity contribution in [1.82, 2.24) is 4.90 Å². The van der Waals surface area contributed by atoms with Crippen molar-refractivity contribution >= 4 is 17.7 Å². The number of benzene rings is 2. The molecule has 29 heavy (non-hydrogen) atoms. The standard InChI is InChI=1S/C22H25NO6/c1-15-5-7-17(8-6-15)12-23(3)21(25)13-29-22(26)14-28-19-10-9-18(16(2)24)11-20(19)27-4/h5-11H,12-14H2,1-4H3. The summed E-state index contributed by atoms with van der Waals surface area (Å²) < 4.78 is 15.5. The monoisotopic (exact) mass is 399 g/mol. The number of carbonyl (C=O) groups excluding carboxylic acids is 3. The van der Waals surface area contributed by atoms with Crippen LogP contribution in [0.1, 0.15) is 28.4 Å². The Morgan fingerprint density at radius 2 is 1.66 bits per heavy atom. The van der Waals surface area contributed by atoms with Crippen LogP contribution in [0.2, 0.25) is 0 Å². The number of nitrogens with zero attached hydrogens (tertiary/aromatic N) is 1. The number of ketones is 1. The number of hydrogen-bond donors (Lipinski definition) is 0. The number of likely N-dealkylation sites (N-methyl/N-ethyl adjacent to an activating group) is 1. The van der Waals surface area contributed by atoms with Gasteiger partial charge in [-0.25, -0.2) is 4.79 Å². The lowest BCUT2D eigenvalue weighted by atomic mass is 10.1. The van der Waals surface area contributed by atoms with Gasteiger partial charge in [0.25, 0.3) is 5.91 Å². The van der Waals surface area contributed by atoms with Gasteiger partial charge in [-0.15, -0.1) is 0 Å². The molecule has 7 heteroatoms. The Hall–Kier alpha value is -3.35. The number of carbonyl (C=O) groups is 3. The van der Waals surface area contributed by atoms with Crippen LogP contribution in [0.3, 0.4) is 0 Å². The minimum absolute atomic E-state index is 0.109. The van der Waals surface area contributed by atoms with E-state index in [0.717, 1.165) is 11.1 Å². The molecule has 0 heterocycles. The van der Waals surface area contributed by atoms with E-state index in [-0.39, 0.29) is 24.9 Å². The van der Waals surface area contributed by atoms with Gasteiger partial charge in [0.05, 0.1) is 7.11 Å². The molecule has 0 bridgehead atoms. The SMILES string of the molecule is COc1cc(C(C)=O)ccc1OCC(=O)OCC(=O)N(C)Cc1ccc(C)cc1. The lowest BCUT2D eigenvalue weighted by molar-refractivity contribution is -0.153. The topological polar surface area (TPSA) is 82.1 Å². The maximum atomic E-state index is 12.2. The van der Waals surface area contributed by atoms with Gasteiger partial charge in [0, 0.05) is 19.2 Å². The van der Waals surface area contributed by atoms with Gasteiger partial charge in [-0.3, -0.25) is 9.59 Å². The number of hydrogen-bond acceptors (Lipinski definition) is 6. The van der Waals surface area contributed by atoms with E-state index in [2.05, 4.69) is 0 Å². The van der Waals surface area contributed by atoms with Crippen molar-refractivity contribution in [3.63, 3.8) is 0 Å². The molecule has 154 valence electrons. The third-order valence-electron chi connectivity index (χ3n) is 4.24. The molecule has 2 aromatic rings. The fraction of sp³-hybridized carbons (Fsp3) is 0.318. The second kappa shape index (κ2) is 10.3. The van der Waals surface area contributed by atoms with Crippen molar-refractivity contribution in [3.05, 3.63) is 59.2 Å². The average Bonchev–Trinajstić information content (AvgIpc) is 2.71. The quantitative estimate of drug-likeness (QED) is 0.476. The minimum atomic E-state index is -0.681. The van der Waals surface area contributed by atoms with Crippen molar-refractivity contribution in [3.8, 4) is 11.5 Å². The first kappa shape index (κ1) is 21.9. The molecular formula is C22H25NO6. The van der Waals surface area contributed by atoms with Gasteiger partial charge in [0.15, 0.2) is 30.5 Å². The summed E-state index contributed by atoms with van der Waals surface area (Å²) in [7, 11) is 3.08. The van der Waals surface area contributed by atoms with Crippen molar-refractivity contribution < 1.29 is 28.6 Å². The summed E-state index contributed by atoms with van der Waals surface area (Å²) in [5, 5.41) is 0. The van der Waals surface area contributed by atoms with Crippen LogP contribution in [-0.2, 0) is 20.9 Å². The third kappa shape index (κ3) is 6.64. The van der Waals surface area contributed by atoms with Crippen LogP contribution < -0.4 is 9.47 Å². The van der Waals surface area contributed by atoms with E-state index in [0.29, 0.717) is 23.6 Å². The van der Waals surface area contributed by atoms with Crippen LogP contribution in [0.4, 0.5) is 0 Å². The molecule has 1 amide bonds. The molecular weight excluding hydrogens is 374 g/mol. The summed E-state index contributed by atoms with van der Waals surface area (Å²) in [6.07, 6.45) is 0. The van der Waals surface area contributed by atoms with E-state index in [1.165, 1.54) is 25.0 Å². The summed E-state index contributed by atoms with van der Waals surface area (Å²) in [6, 6.07) is 12.5. The second-order valence-corrected chi connectivity index (χ2v) is 6.61. The molecule has 0 radical (unpaired) electrons. The molecule has 7 nitrogen and oxygen atoms in total. The number of aryl methyl sites for hydroxylation is 1. The zero-order valence-electron chi connectivity index (χ0n) is 17.1. The van der Waals surface area contributed by atoms with Crippen LogP contribution in [0.15, 0.2) is 42.5 Å². The first-order valence-electron chi connectivity index (χ1n) is 9.07. The first-order chi connectivity index (χ1) is 13.8. The Balaban J connectivity index is 1.81. The molecule has 0 aliphatic rings. The number of amides is 1. The first-order valence-corrected chi connectivity index (χ1v) is 9.07. The maximum Gasteiger partial charge on any atom is 0.344 e. The van der Waals surface area contributed by atoms with Gasteiger partial charge in [-0.2, -0.15) is 0 Å². The molecule has 0 aromatic heterocycles. The molecule has 0 spiro atoms. The highest BCUT2D eigenvalue weighted by molar-refractivity contribution is 5.94. The minimum Gasteiger partial charge on any atom is -0.493 e. The molecule has 0 aliphatic heterocycles. The van der Waals surface area contributed by atoms with Gasteiger partial charge < -0.3 is 19.1 Å². The van der Waals surface area contributed by atoms with Gasteiger partial charge in [-0.05, 0) is 37.6 Å². The summed E-state index contributed by atoms with van der Waals surface area (Å²) in [5.41, 5.74) is 2.60. The number of methoxy groups -OCH3 is 1. The van der Waals surface area contributed by atoms with E-state index < -0.39 is 5.97 Å². The Bertz CT molecular complexity index is 875. The van der Waals surface area contributed by atoms with Gasteiger partial charge >= 0.3 is 5.97 Å². The molecule has 0 unspecified atom stereocenters. The van der Waals surface area contributed by atoms with Gasteiger partial charge in [0.1, 0.15) is 0 Å². The lowest BCUT2D eigenvalue weighted by Crippen LogP contribution is -2.31. The summed E-state index contributed by atoms with van der Waals surface area (Å²) in [6.45, 7) is 3.11. The Kier molecular flexibility index (Phi) is 7.77. The van der Waals surface area contributed by atoms with Crippen LogP contribution in [-0.4, -0.2) is 49.9 Å². The van der Waals surface area contributed by atoms with E-state index >= 15 is 0 Å². The highest BCUT2D eigenvalue weighted by Crippen LogP contribution is 2.28. The van der Waals surface area contributed by atoms with E-state index in [1.54, 1.807) is 19.2 Å². The fourth-order valence-electron chi connectivity index (χ4n) is 2.49. The molecule has 0 fully saturated rings. The molecule has 2 rings (SSSR count). The van der Waals surface area contributed by atoms with Crippen molar-refractivity contribution in [2.24, 2.45) is 0 Å². The van der Waals surface area contributed by atoms with Crippen LogP contribution in [0.25, 0.3) is 0 Å². The van der Waals surface area contributed by atoms with Crippen molar-refractivity contribution in [1.29, 1.82) is 0 Å². The van der Waals surface area contributed by atoms with E-state index in [1.807, 2.05) is 31.2 Å². The predicted molar refractivity (Wildman–Crippen MR) is 107 cm³/mol. The molecule has 0 saturated heterocycles. The normalized spacial score (nSPS) is 10.2. The van der Waals surface area contributed by atoms with Crippen molar-refractivity contribution in [2.45, 2.75) is 20.4 Å². The average molecular weight is 399 g/mol. The highest BCUT2D eigenvalue weighted by atomic mass is 16.6. The summed E-state index contributed by atoms with van der Waals surface area (Å²) >= 11 is 0. The molecule has 0 aliphatic carbocycles. The zero-order chi connectivity index (χ0) is 21.4. The number of esters is 1. The maximum absolute atomic E-state index is 12.2. The Morgan fingerprint density at radius 1 is 0.966 bits per heavy atom. The summed E-state index contributed by atoms with van der Waals surface area (Å²) in [5.74, 6) is -0.471. The van der Waals surface area contributed by atoms with Crippen LogP contribution in [0, 0.1) is 6.92 Å². The smallest absolute Gasteiger partial charge is 0.344 e. The fourth-order valence-corrected chi connectivity index (χ4v) is 2.49. The van der Waals surface area contributed by atoms with Crippen LogP contribution >= 0.6 is 0 Å². The lowest BCUT2D eigenvalue weighted by Gasteiger charge is -2.17. The largest absolute Gasteiger partial charge is 0.493 e.